The molecule has 0 bridgehead atoms. The normalized spacial score (nSPS) is 11.5. The first-order valence-electron chi connectivity index (χ1n) is 9.51. The van der Waals surface area contributed by atoms with Crippen LogP contribution >= 0.6 is 0 Å². The molecule has 2 N–H and O–H groups in total. The number of nitrogens with two attached hydrogens (primary N) is 1. The van der Waals surface area contributed by atoms with Crippen LogP contribution < -0.4 is 19.8 Å². The van der Waals surface area contributed by atoms with Crippen molar-refractivity contribution < 1.29 is 31.1 Å². The van der Waals surface area contributed by atoms with Gasteiger partial charge in [0.15, 0.2) is 5.82 Å². The fourth-order valence-electron chi connectivity index (χ4n) is 3.14. The van der Waals surface area contributed by atoms with Gasteiger partial charge in [0.05, 0.1) is 5.69 Å². The predicted molar refractivity (Wildman–Crippen MR) is 118 cm³/mol. The van der Waals surface area contributed by atoms with Gasteiger partial charge in [-0.3, -0.25) is 4.31 Å². The third kappa shape index (κ3) is 4.96. The van der Waals surface area contributed by atoms with E-state index in [-0.39, 0.29) is 45.5 Å². The van der Waals surface area contributed by atoms with E-state index in [0.717, 1.165) is 7.05 Å². The first-order chi connectivity index (χ1) is 15.4. The summed E-state index contributed by atoms with van der Waals surface area (Å²) in [5, 5.41) is 5.30. The minimum absolute atomic E-state index is 0.0105. The first kappa shape index (κ1) is 24.1. The zero-order valence-corrected chi connectivity index (χ0v) is 18.8. The van der Waals surface area contributed by atoms with Gasteiger partial charge in [0.25, 0.3) is 10.2 Å². The molecule has 0 fully saturated rings. The van der Waals surface area contributed by atoms with E-state index in [1.807, 2.05) is 0 Å². The summed E-state index contributed by atoms with van der Waals surface area (Å²) in [7, 11) is -0.159. The Morgan fingerprint density at radius 3 is 2.45 bits per heavy atom. The van der Waals surface area contributed by atoms with Crippen LogP contribution in [-0.2, 0) is 23.3 Å². The average Bonchev–Trinajstić information content (AvgIpc) is 2.74. The van der Waals surface area contributed by atoms with Crippen LogP contribution in [0.3, 0.4) is 0 Å². The third-order valence-corrected chi connectivity index (χ3v) is 5.90. The number of nitrogens with zero attached hydrogens (tertiary/aromatic N) is 2. The Bertz CT molecular complexity index is 1390. The van der Waals surface area contributed by atoms with Crippen LogP contribution in [0.25, 0.3) is 11.0 Å². The van der Waals surface area contributed by atoms with E-state index in [1.165, 1.54) is 55.4 Å². The molecule has 0 radical (unpaired) electrons. The number of fused-ring (bicyclic) bond motifs is 1. The number of carbonyl (C=O) groups is 1. The highest BCUT2D eigenvalue weighted by Gasteiger charge is 2.22. The van der Waals surface area contributed by atoms with E-state index in [1.54, 1.807) is 0 Å². The molecule has 12 heteroatoms. The number of hydrogen-bond acceptors (Lipinski definition) is 6. The maximum atomic E-state index is 15.0. The molecule has 1 amide bonds. The van der Waals surface area contributed by atoms with Crippen molar-refractivity contribution in [2.75, 3.05) is 25.4 Å². The Morgan fingerprint density at radius 1 is 1.15 bits per heavy atom. The number of amides is 1. The van der Waals surface area contributed by atoms with Crippen molar-refractivity contribution in [3.63, 3.8) is 0 Å². The highest BCUT2D eigenvalue weighted by molar-refractivity contribution is 7.90. The highest BCUT2D eigenvalue weighted by atomic mass is 32.2. The van der Waals surface area contributed by atoms with Crippen LogP contribution in [0.1, 0.15) is 16.7 Å². The van der Waals surface area contributed by atoms with Crippen LogP contribution in [0.2, 0.25) is 0 Å². The zero-order valence-electron chi connectivity index (χ0n) is 18.0. The van der Waals surface area contributed by atoms with Gasteiger partial charge in [-0.2, -0.15) is 8.42 Å². The number of benzene rings is 2. The van der Waals surface area contributed by atoms with Gasteiger partial charge in [0.1, 0.15) is 18.0 Å². The van der Waals surface area contributed by atoms with E-state index >= 15 is 4.39 Å². The fourth-order valence-corrected chi connectivity index (χ4v) is 3.56. The van der Waals surface area contributed by atoms with Crippen molar-refractivity contribution in [2.45, 2.75) is 13.1 Å². The van der Waals surface area contributed by atoms with E-state index in [0.29, 0.717) is 4.31 Å². The van der Waals surface area contributed by atoms with Gasteiger partial charge in [0, 0.05) is 50.1 Å². The minimum atomic E-state index is -4.22. The number of anilines is 1. The molecular weight excluding hydrogens is 460 g/mol. The standard InChI is InChI=1S/C21H21F2N3O6S/c1-25(2)21(28)31-13-7-8-14-16(11-22)15(20(27)32-18(14)10-13)9-12-5-4-6-17(19(12)23)26(3)33(24,29)30/h4-8,10H,9,11H2,1-3H3,(H2,24,29,30). The number of halogens is 2. The Hall–Kier alpha value is -3.51. The molecule has 3 aromatic rings. The quantitative estimate of drug-likeness (QED) is 0.540. The van der Waals surface area contributed by atoms with Gasteiger partial charge in [-0.15, -0.1) is 0 Å². The Balaban J connectivity index is 2.07. The summed E-state index contributed by atoms with van der Waals surface area (Å²) in [4.78, 5) is 25.6. The van der Waals surface area contributed by atoms with Crippen molar-refractivity contribution in [3.05, 3.63) is 69.3 Å². The molecule has 0 saturated carbocycles. The molecule has 2 aromatic carbocycles. The van der Waals surface area contributed by atoms with E-state index < -0.39 is 34.4 Å². The summed E-state index contributed by atoms with van der Waals surface area (Å²) in [6.07, 6.45) is -1.01. The van der Waals surface area contributed by atoms with E-state index in [2.05, 4.69) is 0 Å². The lowest BCUT2D eigenvalue weighted by atomic mass is 9.98. The van der Waals surface area contributed by atoms with Crippen molar-refractivity contribution in [3.8, 4) is 5.75 Å². The lowest BCUT2D eigenvalue weighted by Crippen LogP contribution is -2.33. The predicted octanol–water partition coefficient (Wildman–Crippen LogP) is 2.69. The second-order valence-electron chi connectivity index (χ2n) is 7.34. The van der Waals surface area contributed by atoms with Gasteiger partial charge in [0.2, 0.25) is 0 Å². The van der Waals surface area contributed by atoms with Crippen LogP contribution in [0.4, 0.5) is 19.3 Å². The molecule has 0 aliphatic heterocycles. The monoisotopic (exact) mass is 481 g/mol. The summed E-state index contributed by atoms with van der Waals surface area (Å²) in [6, 6.07) is 8.05. The molecule has 0 aliphatic rings. The summed E-state index contributed by atoms with van der Waals surface area (Å²) >= 11 is 0. The van der Waals surface area contributed by atoms with E-state index in [9.17, 15) is 22.4 Å². The molecule has 0 atom stereocenters. The Morgan fingerprint density at radius 2 is 1.85 bits per heavy atom. The SMILES string of the molecule is CN(C)C(=O)Oc1ccc2c(CF)c(Cc3cccc(N(C)S(N)(=O)=O)c3F)c(=O)oc2c1. The minimum Gasteiger partial charge on any atom is -0.422 e. The van der Waals surface area contributed by atoms with Crippen LogP contribution in [0.5, 0.6) is 5.75 Å². The van der Waals surface area contributed by atoms with Crippen molar-refractivity contribution >= 4 is 33.0 Å². The lowest BCUT2D eigenvalue weighted by Gasteiger charge is -2.18. The first-order valence-corrected chi connectivity index (χ1v) is 11.0. The molecule has 0 aliphatic carbocycles. The number of ether oxygens (including phenoxy) is 1. The van der Waals surface area contributed by atoms with Crippen LogP contribution in [0.15, 0.2) is 45.6 Å². The molecule has 0 spiro atoms. The molecule has 9 nitrogen and oxygen atoms in total. The molecular formula is C21H21F2N3O6S. The number of hydrogen-bond donors (Lipinski definition) is 1. The summed E-state index contributed by atoms with van der Waals surface area (Å²) in [5.74, 6) is -0.837. The molecule has 33 heavy (non-hydrogen) atoms. The summed E-state index contributed by atoms with van der Waals surface area (Å²) in [5.41, 5.74) is -1.44. The largest absolute Gasteiger partial charge is 0.422 e. The van der Waals surface area contributed by atoms with Gasteiger partial charge in [-0.25, -0.2) is 23.5 Å². The molecule has 176 valence electrons. The maximum Gasteiger partial charge on any atom is 0.414 e. The lowest BCUT2D eigenvalue weighted by molar-refractivity contribution is 0.172. The summed E-state index contributed by atoms with van der Waals surface area (Å²) in [6.45, 7) is -1.05. The maximum absolute atomic E-state index is 15.0. The van der Waals surface area contributed by atoms with Crippen molar-refractivity contribution in [1.29, 1.82) is 0 Å². The second-order valence-corrected chi connectivity index (χ2v) is 8.92. The summed E-state index contributed by atoms with van der Waals surface area (Å²) < 4.78 is 63.1. The Labute approximate surface area is 188 Å². The smallest absolute Gasteiger partial charge is 0.414 e. The number of carbonyl (C=O) groups excluding carboxylic acids is 1. The number of alkyl halides is 1. The zero-order chi connectivity index (χ0) is 24.5. The van der Waals surface area contributed by atoms with E-state index in [4.69, 9.17) is 14.3 Å². The molecule has 0 unspecified atom stereocenters. The molecule has 0 saturated heterocycles. The molecule has 1 heterocycles. The topological polar surface area (TPSA) is 123 Å². The van der Waals surface area contributed by atoms with Crippen molar-refractivity contribution in [1.82, 2.24) is 4.90 Å². The van der Waals surface area contributed by atoms with Crippen molar-refractivity contribution in [2.24, 2.45) is 5.14 Å². The molecule has 3 rings (SSSR count). The van der Waals surface area contributed by atoms with Gasteiger partial charge in [-0.05, 0) is 23.8 Å². The Kier molecular flexibility index (Phi) is 6.70. The van der Waals surface area contributed by atoms with Crippen LogP contribution in [0, 0.1) is 5.82 Å². The highest BCUT2D eigenvalue weighted by Crippen LogP contribution is 2.29. The third-order valence-electron chi connectivity index (χ3n) is 4.94. The average molecular weight is 481 g/mol. The van der Waals surface area contributed by atoms with Gasteiger partial charge < -0.3 is 14.1 Å². The second kappa shape index (κ2) is 9.16. The van der Waals surface area contributed by atoms with Crippen LogP contribution in [-0.4, -0.2) is 40.6 Å². The van der Waals surface area contributed by atoms with Gasteiger partial charge in [-0.1, -0.05) is 12.1 Å². The van der Waals surface area contributed by atoms with Gasteiger partial charge >= 0.3 is 11.7 Å². The number of rotatable bonds is 6. The molecule has 1 aromatic heterocycles. The fraction of sp³-hybridized carbons (Fsp3) is 0.238.